The van der Waals surface area contributed by atoms with E-state index in [1.165, 1.54) is 16.8 Å². The topological polar surface area (TPSA) is 129 Å². The van der Waals surface area contributed by atoms with E-state index in [-0.39, 0.29) is 23.9 Å². The van der Waals surface area contributed by atoms with Crippen LogP contribution in [0.2, 0.25) is 0 Å². The largest absolute Gasteiger partial charge is 0.496 e. The molecule has 0 saturated carbocycles. The number of carbonyl (C=O) groups excluding carboxylic acids is 2. The Hall–Kier alpha value is -5.24. The Balaban J connectivity index is 1.35. The number of hydrogen-bond donors (Lipinski definition) is 2. The highest BCUT2D eigenvalue weighted by Gasteiger charge is 2.39. The van der Waals surface area contributed by atoms with Gasteiger partial charge in [-0.15, -0.1) is 0 Å². The van der Waals surface area contributed by atoms with Gasteiger partial charge in [0.1, 0.15) is 35.3 Å². The van der Waals surface area contributed by atoms with Crippen LogP contribution in [0.3, 0.4) is 0 Å². The SMILES string of the molecule is COc1cc2c(cc1-c1cncc(NCCCNC(=O)OC(C)(C)C)c1)-c1c(c(C(=O)N3CCOCC3(C)C)nn1-c1cc(F)cc(F)c1)CO2. The van der Waals surface area contributed by atoms with E-state index in [1.54, 1.807) is 30.5 Å². The molecule has 4 aromatic rings. The van der Waals surface area contributed by atoms with Crippen LogP contribution in [-0.2, 0) is 16.1 Å². The number of nitrogens with zero attached hydrogens (tertiary/aromatic N) is 4. The van der Waals surface area contributed by atoms with Gasteiger partial charge in [-0.25, -0.2) is 18.3 Å². The summed E-state index contributed by atoms with van der Waals surface area (Å²) in [5, 5.41) is 10.8. The van der Waals surface area contributed by atoms with Gasteiger partial charge in [-0.3, -0.25) is 9.78 Å². The van der Waals surface area contributed by atoms with E-state index < -0.39 is 28.9 Å². The molecule has 2 aromatic heterocycles. The molecule has 2 aliphatic rings. The Morgan fingerprint density at radius 3 is 2.49 bits per heavy atom. The molecule has 2 aliphatic heterocycles. The van der Waals surface area contributed by atoms with Crippen molar-refractivity contribution in [1.82, 2.24) is 25.0 Å². The van der Waals surface area contributed by atoms with Gasteiger partial charge in [-0.05, 0) is 65.3 Å². The Kier molecular flexibility index (Phi) is 9.89. The monoisotopic (exact) mass is 704 g/mol. The van der Waals surface area contributed by atoms with Gasteiger partial charge in [0.15, 0.2) is 5.69 Å². The van der Waals surface area contributed by atoms with Crippen LogP contribution < -0.4 is 20.1 Å². The number of alkyl carbamates (subject to hydrolysis) is 1. The molecule has 51 heavy (non-hydrogen) atoms. The number of halogens is 2. The lowest BCUT2D eigenvalue weighted by Crippen LogP contribution is -2.55. The third kappa shape index (κ3) is 7.75. The number of ether oxygens (including phenoxy) is 4. The lowest BCUT2D eigenvalue weighted by Gasteiger charge is -2.41. The number of nitrogens with one attached hydrogen (secondary N) is 2. The standard InChI is InChI=1S/C37H42F2N6O6/c1-36(2,3)51-35(47)42-9-7-8-41-25-12-22(18-40-19-25)27-16-28-31(17-30(27)48-6)50-20-29-32(34(46)44-10-11-49-21-37(44,4)5)43-45(33(28)29)26-14-23(38)13-24(39)15-26/h12-19,41H,7-11,20-21H2,1-6H3,(H,42,47). The first-order chi connectivity index (χ1) is 24.2. The number of hydrogen-bond acceptors (Lipinski definition) is 9. The second-order valence-corrected chi connectivity index (χ2v) is 14.0. The molecule has 12 nitrogen and oxygen atoms in total. The number of morpholine rings is 1. The Labute approximate surface area is 295 Å². The lowest BCUT2D eigenvalue weighted by atomic mass is 9.95. The Morgan fingerprint density at radius 1 is 1.02 bits per heavy atom. The Morgan fingerprint density at radius 2 is 1.78 bits per heavy atom. The molecule has 270 valence electrons. The van der Waals surface area contributed by atoms with Gasteiger partial charge in [0, 0.05) is 66.4 Å². The zero-order valence-electron chi connectivity index (χ0n) is 29.6. The quantitative estimate of drug-likeness (QED) is 0.191. The molecule has 0 spiro atoms. The molecule has 1 saturated heterocycles. The number of rotatable bonds is 9. The average Bonchev–Trinajstić information content (AvgIpc) is 3.46. The van der Waals surface area contributed by atoms with Crippen molar-refractivity contribution in [1.29, 1.82) is 0 Å². The molecule has 2 amide bonds. The predicted octanol–water partition coefficient (Wildman–Crippen LogP) is 6.36. The first-order valence-electron chi connectivity index (χ1n) is 16.7. The molecule has 1 fully saturated rings. The molecule has 2 aromatic carbocycles. The van der Waals surface area contributed by atoms with E-state index in [0.29, 0.717) is 78.7 Å². The van der Waals surface area contributed by atoms with Crippen molar-refractivity contribution in [2.75, 3.05) is 45.3 Å². The minimum atomic E-state index is -0.782. The summed E-state index contributed by atoms with van der Waals surface area (Å²) in [6, 6.07) is 8.63. The molecule has 2 N–H and O–H groups in total. The minimum Gasteiger partial charge on any atom is -0.496 e. The first kappa shape index (κ1) is 35.6. The summed E-state index contributed by atoms with van der Waals surface area (Å²) in [5.74, 6) is -0.941. The van der Waals surface area contributed by atoms with E-state index >= 15 is 0 Å². The zero-order valence-corrected chi connectivity index (χ0v) is 29.6. The molecule has 0 bridgehead atoms. The van der Waals surface area contributed by atoms with Gasteiger partial charge in [0.2, 0.25) is 0 Å². The fraction of sp³-hybridized carbons (Fsp3) is 0.405. The van der Waals surface area contributed by atoms with E-state index in [1.807, 2.05) is 46.8 Å². The molecule has 6 rings (SSSR count). The van der Waals surface area contributed by atoms with Gasteiger partial charge in [0.25, 0.3) is 5.91 Å². The van der Waals surface area contributed by atoms with Gasteiger partial charge >= 0.3 is 6.09 Å². The molecule has 0 atom stereocenters. The van der Waals surface area contributed by atoms with Crippen molar-refractivity contribution < 1.29 is 37.3 Å². The third-order valence-corrected chi connectivity index (χ3v) is 8.50. The number of fused-ring (bicyclic) bond motifs is 3. The van der Waals surface area contributed by atoms with E-state index in [2.05, 4.69) is 15.6 Å². The van der Waals surface area contributed by atoms with Crippen molar-refractivity contribution in [3.8, 4) is 39.6 Å². The van der Waals surface area contributed by atoms with Crippen LogP contribution in [0.5, 0.6) is 11.5 Å². The van der Waals surface area contributed by atoms with Gasteiger partial charge in [-0.2, -0.15) is 5.10 Å². The van der Waals surface area contributed by atoms with Crippen molar-refractivity contribution in [3.05, 3.63) is 71.7 Å². The number of aromatic nitrogens is 3. The third-order valence-electron chi connectivity index (χ3n) is 8.50. The van der Waals surface area contributed by atoms with Gasteiger partial charge < -0.3 is 34.5 Å². The van der Waals surface area contributed by atoms with Crippen LogP contribution in [0.15, 0.2) is 48.8 Å². The summed E-state index contributed by atoms with van der Waals surface area (Å²) in [4.78, 5) is 32.2. The maximum Gasteiger partial charge on any atom is 0.407 e. The maximum absolute atomic E-state index is 14.6. The van der Waals surface area contributed by atoms with Crippen molar-refractivity contribution >= 4 is 17.7 Å². The number of amides is 2. The summed E-state index contributed by atoms with van der Waals surface area (Å²) in [6.45, 7) is 11.3. The Bertz CT molecular complexity index is 1940. The van der Waals surface area contributed by atoms with Crippen LogP contribution in [0, 0.1) is 11.6 Å². The zero-order chi connectivity index (χ0) is 36.5. The minimum absolute atomic E-state index is 0.00177. The number of pyridine rings is 1. The first-order valence-corrected chi connectivity index (χ1v) is 16.7. The highest BCUT2D eigenvalue weighted by atomic mass is 19.1. The summed E-state index contributed by atoms with van der Waals surface area (Å²) in [5.41, 5.74) is 2.69. The molecular formula is C37H42F2N6O6. The van der Waals surface area contributed by atoms with E-state index in [0.717, 1.165) is 11.8 Å². The van der Waals surface area contributed by atoms with Crippen LogP contribution in [0.25, 0.3) is 28.1 Å². The fourth-order valence-electron chi connectivity index (χ4n) is 6.17. The van der Waals surface area contributed by atoms with Gasteiger partial charge in [0.05, 0.1) is 42.9 Å². The summed E-state index contributed by atoms with van der Waals surface area (Å²) >= 11 is 0. The predicted molar refractivity (Wildman–Crippen MR) is 186 cm³/mol. The average molecular weight is 705 g/mol. The van der Waals surface area contributed by atoms with E-state index in [9.17, 15) is 18.4 Å². The van der Waals surface area contributed by atoms with Gasteiger partial charge in [-0.1, -0.05) is 0 Å². The number of carbonyl (C=O) groups is 2. The second kappa shape index (κ2) is 14.2. The number of methoxy groups -OCH3 is 1. The van der Waals surface area contributed by atoms with Crippen molar-refractivity contribution in [3.63, 3.8) is 0 Å². The van der Waals surface area contributed by atoms with E-state index in [4.69, 9.17) is 24.0 Å². The summed E-state index contributed by atoms with van der Waals surface area (Å²) in [7, 11) is 1.55. The van der Waals surface area contributed by atoms with Crippen molar-refractivity contribution in [2.45, 2.75) is 58.8 Å². The highest BCUT2D eigenvalue weighted by molar-refractivity contribution is 5.97. The molecule has 4 heterocycles. The number of benzene rings is 2. The normalized spacial score (nSPS) is 14.9. The second-order valence-electron chi connectivity index (χ2n) is 14.0. The molecule has 14 heteroatoms. The highest BCUT2D eigenvalue weighted by Crippen LogP contribution is 2.46. The summed E-state index contributed by atoms with van der Waals surface area (Å²) < 4.78 is 53.5. The molecule has 0 unspecified atom stereocenters. The van der Waals surface area contributed by atoms with Crippen molar-refractivity contribution in [2.24, 2.45) is 0 Å². The molecular weight excluding hydrogens is 662 g/mol. The summed E-state index contributed by atoms with van der Waals surface area (Å²) in [6.07, 6.45) is 3.55. The molecule has 0 aliphatic carbocycles. The maximum atomic E-state index is 14.6. The van der Waals surface area contributed by atoms with Crippen LogP contribution >= 0.6 is 0 Å². The smallest absolute Gasteiger partial charge is 0.407 e. The van der Waals surface area contributed by atoms with Crippen LogP contribution in [0.4, 0.5) is 19.3 Å². The van der Waals surface area contributed by atoms with Crippen LogP contribution in [-0.4, -0.2) is 82.8 Å². The molecule has 0 radical (unpaired) electrons. The number of anilines is 1. The lowest BCUT2D eigenvalue weighted by molar-refractivity contribution is -0.0374. The fourth-order valence-corrected chi connectivity index (χ4v) is 6.17. The van der Waals surface area contributed by atoms with Crippen LogP contribution in [0.1, 0.15) is 57.1 Å².